The number of epoxide rings is 1. The second kappa shape index (κ2) is 7.58. The molecule has 3 saturated heterocycles. The summed E-state index contributed by atoms with van der Waals surface area (Å²) in [7, 11) is 0. The average molecular weight is 469 g/mol. The van der Waals surface area contributed by atoms with Gasteiger partial charge in [-0.15, -0.1) is 0 Å². The molecule has 6 aliphatic rings. The highest BCUT2D eigenvalue weighted by Crippen LogP contribution is 2.66. The minimum atomic E-state index is -0.367. The molecule has 0 aromatic heterocycles. The molecule has 0 radical (unpaired) electrons. The molecule has 2 saturated carbocycles. The van der Waals surface area contributed by atoms with Gasteiger partial charge in [-0.05, 0) is 56.2 Å². The van der Waals surface area contributed by atoms with Crippen LogP contribution in [0.15, 0.2) is 18.2 Å². The Morgan fingerprint density at radius 3 is 2.65 bits per heavy atom. The highest BCUT2D eigenvalue weighted by Gasteiger charge is 2.77. The number of nitrogens with zero attached hydrogens (tertiary/aromatic N) is 2. The third-order valence-corrected chi connectivity index (χ3v) is 9.85. The van der Waals surface area contributed by atoms with Gasteiger partial charge in [0.2, 0.25) is 6.79 Å². The van der Waals surface area contributed by atoms with Gasteiger partial charge in [0.15, 0.2) is 11.5 Å². The van der Waals surface area contributed by atoms with Gasteiger partial charge in [-0.3, -0.25) is 14.6 Å². The van der Waals surface area contributed by atoms with Gasteiger partial charge >= 0.3 is 5.97 Å². The molecule has 1 aromatic rings. The number of ether oxygens (including phenoxy) is 4. The summed E-state index contributed by atoms with van der Waals surface area (Å²) in [6.45, 7) is 10.6. The summed E-state index contributed by atoms with van der Waals surface area (Å²) in [5, 5.41) is 0. The first-order valence-corrected chi connectivity index (χ1v) is 13.2. The van der Waals surface area contributed by atoms with Gasteiger partial charge < -0.3 is 18.9 Å². The lowest BCUT2D eigenvalue weighted by atomic mass is 9.55. The number of carbonyl (C=O) groups is 1. The maximum absolute atomic E-state index is 13.3. The summed E-state index contributed by atoms with van der Waals surface area (Å²) in [6.07, 6.45) is 4.64. The summed E-state index contributed by atoms with van der Waals surface area (Å²) in [5.74, 6) is 3.08. The Balaban J connectivity index is 1.01. The monoisotopic (exact) mass is 468 g/mol. The number of esters is 1. The molecule has 1 aromatic carbocycles. The zero-order valence-corrected chi connectivity index (χ0v) is 20.3. The quantitative estimate of drug-likeness (QED) is 0.497. The molecule has 2 aliphatic carbocycles. The second-order valence-electron chi connectivity index (χ2n) is 11.8. The smallest absolute Gasteiger partial charge is 0.311 e. The largest absolute Gasteiger partial charge is 0.455 e. The van der Waals surface area contributed by atoms with Crippen molar-refractivity contribution in [2.75, 3.05) is 39.5 Å². The predicted octanol–water partition coefficient (Wildman–Crippen LogP) is 3.06. The molecule has 7 atom stereocenters. The van der Waals surface area contributed by atoms with Crippen LogP contribution in [-0.2, 0) is 20.8 Å². The Kier molecular flexibility index (Phi) is 4.78. The van der Waals surface area contributed by atoms with E-state index in [0.717, 1.165) is 70.0 Å². The van der Waals surface area contributed by atoms with E-state index in [1.165, 1.54) is 12.0 Å². The number of fused-ring (bicyclic) bond motifs is 2. The van der Waals surface area contributed by atoms with E-state index < -0.39 is 0 Å². The fourth-order valence-corrected chi connectivity index (χ4v) is 7.97. The van der Waals surface area contributed by atoms with Crippen LogP contribution < -0.4 is 9.47 Å². The van der Waals surface area contributed by atoms with Crippen LogP contribution in [-0.4, -0.2) is 72.6 Å². The summed E-state index contributed by atoms with van der Waals surface area (Å²) in [5.41, 5.74) is 0.820. The van der Waals surface area contributed by atoms with Crippen LogP contribution in [0.25, 0.3) is 0 Å². The van der Waals surface area contributed by atoms with E-state index in [0.29, 0.717) is 24.5 Å². The van der Waals surface area contributed by atoms with E-state index in [4.69, 9.17) is 18.9 Å². The van der Waals surface area contributed by atoms with Gasteiger partial charge in [0.1, 0.15) is 11.7 Å². The lowest BCUT2D eigenvalue weighted by Gasteiger charge is -2.50. The van der Waals surface area contributed by atoms with Crippen molar-refractivity contribution in [2.24, 2.45) is 23.7 Å². The Bertz CT molecular complexity index is 993. The maximum atomic E-state index is 13.3. The summed E-state index contributed by atoms with van der Waals surface area (Å²) < 4.78 is 23.6. The lowest BCUT2D eigenvalue weighted by molar-refractivity contribution is -0.168. The fourth-order valence-electron chi connectivity index (χ4n) is 7.97. The SMILES string of the molecule is C[C@H]1CC[C@@H]2[C@H](CN3CCN(Cc4ccc5c(c4)OCO5)CC3)C(=O)O[C@@]23[C@H]1CC[C@]1(C)O[C@@H]31. The minimum absolute atomic E-state index is 0.0121. The number of rotatable bonds is 4. The van der Waals surface area contributed by atoms with E-state index in [1.807, 2.05) is 6.07 Å². The van der Waals surface area contributed by atoms with Crippen LogP contribution >= 0.6 is 0 Å². The highest BCUT2D eigenvalue weighted by molar-refractivity contribution is 5.77. The van der Waals surface area contributed by atoms with Crippen molar-refractivity contribution in [2.45, 2.75) is 63.4 Å². The molecular formula is C27H36N2O5. The van der Waals surface area contributed by atoms with Crippen LogP contribution in [0, 0.1) is 23.7 Å². The van der Waals surface area contributed by atoms with Crippen LogP contribution in [0.4, 0.5) is 0 Å². The molecule has 1 spiro atoms. The van der Waals surface area contributed by atoms with E-state index in [2.05, 4.69) is 35.8 Å². The summed E-state index contributed by atoms with van der Waals surface area (Å²) in [4.78, 5) is 18.3. The van der Waals surface area contributed by atoms with Crippen LogP contribution in [0.2, 0.25) is 0 Å². The first kappa shape index (κ1) is 21.5. The van der Waals surface area contributed by atoms with Crippen molar-refractivity contribution in [1.29, 1.82) is 0 Å². The first-order valence-electron chi connectivity index (χ1n) is 13.2. The Hall–Kier alpha value is -1.83. The van der Waals surface area contributed by atoms with Crippen molar-refractivity contribution in [1.82, 2.24) is 9.80 Å². The molecule has 7 rings (SSSR count). The van der Waals surface area contributed by atoms with Crippen molar-refractivity contribution in [3.05, 3.63) is 23.8 Å². The van der Waals surface area contributed by atoms with Crippen LogP contribution in [0.1, 0.15) is 45.1 Å². The van der Waals surface area contributed by atoms with Crippen LogP contribution in [0.3, 0.4) is 0 Å². The predicted molar refractivity (Wildman–Crippen MR) is 124 cm³/mol. The topological polar surface area (TPSA) is 63.8 Å². The molecule has 0 bridgehead atoms. The second-order valence-corrected chi connectivity index (χ2v) is 11.8. The molecule has 4 heterocycles. The van der Waals surface area contributed by atoms with Gasteiger partial charge in [0.05, 0.1) is 11.5 Å². The van der Waals surface area contributed by atoms with Crippen molar-refractivity contribution >= 4 is 5.97 Å². The van der Waals surface area contributed by atoms with Gasteiger partial charge in [0, 0.05) is 51.1 Å². The minimum Gasteiger partial charge on any atom is -0.455 e. The molecule has 0 unspecified atom stereocenters. The maximum Gasteiger partial charge on any atom is 0.311 e. The van der Waals surface area contributed by atoms with Crippen LogP contribution in [0.5, 0.6) is 11.5 Å². The first-order chi connectivity index (χ1) is 16.5. The molecule has 0 N–H and O–H groups in total. The zero-order chi connectivity index (χ0) is 23.1. The van der Waals surface area contributed by atoms with Crippen molar-refractivity contribution in [3.63, 3.8) is 0 Å². The third-order valence-electron chi connectivity index (χ3n) is 9.85. The fraction of sp³-hybridized carbons (Fsp3) is 0.741. The van der Waals surface area contributed by atoms with Gasteiger partial charge in [-0.1, -0.05) is 13.0 Å². The zero-order valence-electron chi connectivity index (χ0n) is 20.3. The van der Waals surface area contributed by atoms with Gasteiger partial charge in [-0.25, -0.2) is 0 Å². The Morgan fingerprint density at radius 2 is 1.79 bits per heavy atom. The average Bonchev–Trinajstić information content (AvgIpc) is 3.19. The Labute approximate surface area is 201 Å². The van der Waals surface area contributed by atoms with Gasteiger partial charge in [-0.2, -0.15) is 0 Å². The van der Waals surface area contributed by atoms with E-state index >= 15 is 0 Å². The number of hydrogen-bond donors (Lipinski definition) is 0. The normalized spacial score (nSPS) is 43.1. The highest BCUT2D eigenvalue weighted by atomic mass is 16.7. The molecule has 7 nitrogen and oxygen atoms in total. The number of carbonyl (C=O) groups excluding carboxylic acids is 1. The number of hydrogen-bond acceptors (Lipinski definition) is 7. The van der Waals surface area contributed by atoms with E-state index in [9.17, 15) is 4.79 Å². The summed E-state index contributed by atoms with van der Waals surface area (Å²) in [6, 6.07) is 6.24. The van der Waals surface area contributed by atoms with Crippen molar-refractivity contribution < 1.29 is 23.7 Å². The Morgan fingerprint density at radius 1 is 1.00 bits per heavy atom. The lowest BCUT2D eigenvalue weighted by Crippen LogP contribution is -2.58. The van der Waals surface area contributed by atoms with E-state index in [-0.39, 0.29) is 29.2 Å². The molecule has 184 valence electrons. The molecular weight excluding hydrogens is 432 g/mol. The van der Waals surface area contributed by atoms with E-state index in [1.54, 1.807) is 0 Å². The number of piperazine rings is 1. The molecule has 4 aliphatic heterocycles. The number of benzene rings is 1. The molecule has 34 heavy (non-hydrogen) atoms. The molecule has 7 heteroatoms. The standard InChI is InChI=1S/C27H36N2O5/c1-17-3-5-21-19(24(30)33-27(21)20(17)7-8-26(2)25(27)34-26)15-29-11-9-28(10-12-29)14-18-4-6-22-23(13-18)32-16-31-22/h4,6,13,17,19-21,25H,3,5,7-12,14-16H2,1-2H3/t17-,19-,20-,21+,25+,26-,27-/m0/s1. The summed E-state index contributed by atoms with van der Waals surface area (Å²) >= 11 is 0. The van der Waals surface area contributed by atoms with Crippen molar-refractivity contribution in [3.8, 4) is 11.5 Å². The van der Waals surface area contributed by atoms with Gasteiger partial charge in [0.25, 0.3) is 0 Å². The molecule has 5 fully saturated rings. The third kappa shape index (κ3) is 3.16. The molecule has 0 amide bonds.